The highest BCUT2D eigenvalue weighted by atomic mass is 16.5. The van der Waals surface area contributed by atoms with E-state index in [0.29, 0.717) is 29.2 Å². The highest BCUT2D eigenvalue weighted by Crippen LogP contribution is 2.35. The fraction of sp³-hybridized carbons (Fsp3) is 0.192. The standard InChI is InChI=1S/C26H26N2O5/c1-6-8-19-13-18(15-22(32-5)23(19)33-9-7-2)14-21-24(29)27-26(31)28(25(21)30)20-11-16(3)10-17(4)12-20/h6-7,10-15H,1-2,8-9H2,3-5H3,(H,27,29,31)/b21-14+. The molecule has 2 aromatic rings. The molecule has 1 fully saturated rings. The summed E-state index contributed by atoms with van der Waals surface area (Å²) in [6.45, 7) is 11.5. The minimum atomic E-state index is -0.787. The molecule has 1 N–H and O–H groups in total. The molecule has 2 aromatic carbocycles. The molecule has 33 heavy (non-hydrogen) atoms. The lowest BCUT2D eigenvalue weighted by Crippen LogP contribution is -2.54. The first-order valence-electron chi connectivity index (χ1n) is 10.3. The van der Waals surface area contributed by atoms with Gasteiger partial charge in [0, 0.05) is 5.56 Å². The number of imide groups is 2. The Bertz CT molecular complexity index is 1160. The number of carbonyl (C=O) groups is 3. The minimum Gasteiger partial charge on any atom is -0.493 e. The van der Waals surface area contributed by atoms with E-state index in [1.807, 2.05) is 19.9 Å². The van der Waals surface area contributed by atoms with Crippen LogP contribution in [0.25, 0.3) is 6.08 Å². The maximum atomic E-state index is 13.2. The van der Waals surface area contributed by atoms with Crippen LogP contribution in [0.1, 0.15) is 22.3 Å². The summed E-state index contributed by atoms with van der Waals surface area (Å²) in [5.74, 6) is -0.494. The van der Waals surface area contributed by atoms with Gasteiger partial charge in [0.05, 0.1) is 12.8 Å². The second kappa shape index (κ2) is 9.99. The van der Waals surface area contributed by atoms with Gasteiger partial charge in [0.2, 0.25) is 0 Å². The molecule has 0 aliphatic carbocycles. The maximum absolute atomic E-state index is 13.2. The van der Waals surface area contributed by atoms with Gasteiger partial charge in [-0.25, -0.2) is 9.69 Å². The molecule has 7 nitrogen and oxygen atoms in total. The van der Waals surface area contributed by atoms with Gasteiger partial charge in [-0.2, -0.15) is 0 Å². The normalized spacial score (nSPS) is 14.8. The Labute approximate surface area is 193 Å². The van der Waals surface area contributed by atoms with E-state index in [4.69, 9.17) is 9.47 Å². The number of amides is 4. The van der Waals surface area contributed by atoms with Crippen molar-refractivity contribution in [3.05, 3.63) is 83.5 Å². The molecule has 0 aromatic heterocycles. The molecule has 1 aliphatic rings. The number of urea groups is 1. The lowest BCUT2D eigenvalue weighted by Gasteiger charge is -2.27. The predicted octanol–water partition coefficient (Wildman–Crippen LogP) is 4.27. The van der Waals surface area contributed by atoms with Crippen molar-refractivity contribution in [2.24, 2.45) is 0 Å². The maximum Gasteiger partial charge on any atom is 0.335 e. The fourth-order valence-corrected chi connectivity index (χ4v) is 3.67. The summed E-state index contributed by atoms with van der Waals surface area (Å²) in [5, 5.41) is 2.25. The molecule has 0 atom stereocenters. The third-order valence-corrected chi connectivity index (χ3v) is 4.96. The van der Waals surface area contributed by atoms with Crippen molar-refractivity contribution in [2.45, 2.75) is 20.3 Å². The third kappa shape index (κ3) is 5.03. The number of ether oxygens (including phenoxy) is 2. The molecule has 0 spiro atoms. The number of carbonyl (C=O) groups excluding carboxylic acids is 3. The number of allylic oxidation sites excluding steroid dienone is 1. The predicted molar refractivity (Wildman–Crippen MR) is 128 cm³/mol. The minimum absolute atomic E-state index is 0.167. The van der Waals surface area contributed by atoms with Gasteiger partial charge in [-0.05, 0) is 67.3 Å². The van der Waals surface area contributed by atoms with Gasteiger partial charge >= 0.3 is 6.03 Å². The number of aryl methyl sites for hydroxylation is 2. The number of hydrogen-bond acceptors (Lipinski definition) is 5. The average molecular weight is 447 g/mol. The SMILES string of the molecule is C=CCOc1c(CC=C)cc(/C=C2\C(=O)NC(=O)N(c3cc(C)cc(C)c3)C2=O)cc1OC. The Kier molecular flexibility index (Phi) is 7.13. The van der Waals surface area contributed by atoms with Crippen molar-refractivity contribution in [3.63, 3.8) is 0 Å². The number of nitrogens with one attached hydrogen (secondary N) is 1. The van der Waals surface area contributed by atoms with Crippen LogP contribution in [0.3, 0.4) is 0 Å². The molecule has 3 rings (SSSR count). The molecule has 4 amide bonds. The van der Waals surface area contributed by atoms with Crippen LogP contribution < -0.4 is 19.7 Å². The Balaban J connectivity index is 2.08. The van der Waals surface area contributed by atoms with Gasteiger partial charge in [-0.1, -0.05) is 24.8 Å². The van der Waals surface area contributed by atoms with Crippen molar-refractivity contribution in [1.82, 2.24) is 5.32 Å². The zero-order chi connectivity index (χ0) is 24.1. The quantitative estimate of drug-likeness (QED) is 0.372. The van der Waals surface area contributed by atoms with E-state index in [9.17, 15) is 14.4 Å². The van der Waals surface area contributed by atoms with E-state index in [1.165, 1.54) is 13.2 Å². The topological polar surface area (TPSA) is 84.9 Å². The van der Waals surface area contributed by atoms with Gasteiger partial charge < -0.3 is 9.47 Å². The van der Waals surface area contributed by atoms with Gasteiger partial charge in [0.1, 0.15) is 12.2 Å². The number of rotatable bonds is 8. The molecular formula is C26H26N2O5. The zero-order valence-electron chi connectivity index (χ0n) is 18.9. The molecule has 170 valence electrons. The molecule has 1 saturated heterocycles. The van der Waals surface area contributed by atoms with Crippen LogP contribution in [0.5, 0.6) is 11.5 Å². The lowest BCUT2D eigenvalue weighted by atomic mass is 10.0. The molecule has 0 bridgehead atoms. The van der Waals surface area contributed by atoms with Crippen LogP contribution in [-0.4, -0.2) is 31.6 Å². The van der Waals surface area contributed by atoms with Crippen molar-refractivity contribution in [3.8, 4) is 11.5 Å². The second-order valence-electron chi connectivity index (χ2n) is 7.61. The number of nitrogens with zero attached hydrogens (tertiary/aromatic N) is 1. The molecule has 0 unspecified atom stereocenters. The number of hydrogen-bond donors (Lipinski definition) is 1. The van der Waals surface area contributed by atoms with Crippen LogP contribution in [0.2, 0.25) is 0 Å². The van der Waals surface area contributed by atoms with Gasteiger partial charge in [0.15, 0.2) is 11.5 Å². The molecule has 1 aliphatic heterocycles. The fourth-order valence-electron chi connectivity index (χ4n) is 3.67. The second-order valence-corrected chi connectivity index (χ2v) is 7.61. The summed E-state index contributed by atoms with van der Waals surface area (Å²) in [7, 11) is 1.50. The summed E-state index contributed by atoms with van der Waals surface area (Å²) in [6, 6.07) is 8.03. The summed E-state index contributed by atoms with van der Waals surface area (Å²) in [6.07, 6.45) is 5.25. The summed E-state index contributed by atoms with van der Waals surface area (Å²) < 4.78 is 11.2. The lowest BCUT2D eigenvalue weighted by molar-refractivity contribution is -0.122. The van der Waals surface area contributed by atoms with Crippen molar-refractivity contribution in [1.29, 1.82) is 0 Å². The largest absolute Gasteiger partial charge is 0.493 e. The van der Waals surface area contributed by atoms with E-state index in [2.05, 4.69) is 18.5 Å². The molecule has 0 saturated carbocycles. The average Bonchev–Trinajstić information content (AvgIpc) is 2.75. The number of benzene rings is 2. The van der Waals surface area contributed by atoms with Crippen molar-refractivity contribution >= 4 is 29.6 Å². The monoisotopic (exact) mass is 446 g/mol. The summed E-state index contributed by atoms with van der Waals surface area (Å²) in [4.78, 5) is 39.3. The Hall–Kier alpha value is -4.13. The van der Waals surface area contributed by atoms with E-state index in [1.54, 1.807) is 36.4 Å². The highest BCUT2D eigenvalue weighted by molar-refractivity contribution is 6.39. The number of methoxy groups -OCH3 is 1. The summed E-state index contributed by atoms with van der Waals surface area (Å²) in [5.41, 5.74) is 3.32. The van der Waals surface area contributed by atoms with Gasteiger partial charge in [-0.3, -0.25) is 14.9 Å². The first-order chi connectivity index (χ1) is 15.8. The highest BCUT2D eigenvalue weighted by Gasteiger charge is 2.37. The number of anilines is 1. The van der Waals surface area contributed by atoms with Crippen LogP contribution in [0, 0.1) is 13.8 Å². The van der Waals surface area contributed by atoms with Gasteiger partial charge in [-0.15, -0.1) is 6.58 Å². The van der Waals surface area contributed by atoms with E-state index < -0.39 is 17.8 Å². The van der Waals surface area contributed by atoms with Crippen molar-refractivity contribution < 1.29 is 23.9 Å². The van der Waals surface area contributed by atoms with Crippen LogP contribution in [0.15, 0.2) is 61.2 Å². The Morgan fingerprint density at radius 2 is 1.70 bits per heavy atom. The van der Waals surface area contributed by atoms with E-state index >= 15 is 0 Å². The van der Waals surface area contributed by atoms with Crippen LogP contribution in [0.4, 0.5) is 10.5 Å². The molecule has 0 radical (unpaired) electrons. The first-order valence-corrected chi connectivity index (χ1v) is 10.3. The zero-order valence-corrected chi connectivity index (χ0v) is 18.9. The van der Waals surface area contributed by atoms with E-state index in [-0.39, 0.29) is 12.2 Å². The van der Waals surface area contributed by atoms with Gasteiger partial charge in [0.25, 0.3) is 11.8 Å². The van der Waals surface area contributed by atoms with Crippen molar-refractivity contribution in [2.75, 3.05) is 18.6 Å². The number of barbiturate groups is 1. The van der Waals surface area contributed by atoms with Crippen LogP contribution in [-0.2, 0) is 16.0 Å². The summed E-state index contributed by atoms with van der Waals surface area (Å²) >= 11 is 0. The van der Waals surface area contributed by atoms with Crippen LogP contribution >= 0.6 is 0 Å². The molecule has 7 heteroatoms. The molecule has 1 heterocycles. The smallest absolute Gasteiger partial charge is 0.335 e. The van der Waals surface area contributed by atoms with E-state index in [0.717, 1.165) is 21.6 Å². The third-order valence-electron chi connectivity index (χ3n) is 4.96. The Morgan fingerprint density at radius 1 is 1.00 bits per heavy atom. The Morgan fingerprint density at radius 3 is 2.30 bits per heavy atom. The first kappa shape index (κ1) is 23.5. The molecular weight excluding hydrogens is 420 g/mol.